The molecule has 10 nitrogen and oxygen atoms in total. The van der Waals surface area contributed by atoms with E-state index in [1.165, 1.54) is 0 Å². The van der Waals surface area contributed by atoms with Crippen molar-refractivity contribution in [3.8, 4) is 17.2 Å². The normalized spacial score (nSPS) is 13.4. The zero-order valence-corrected chi connectivity index (χ0v) is 21.0. The third-order valence-corrected chi connectivity index (χ3v) is 6.28. The van der Waals surface area contributed by atoms with E-state index in [9.17, 15) is 4.79 Å². The minimum Gasteiger partial charge on any atom is -0.493 e. The van der Waals surface area contributed by atoms with Crippen LogP contribution in [0.4, 0.5) is 17.5 Å². The summed E-state index contributed by atoms with van der Waals surface area (Å²) in [5.41, 5.74) is 1.91. The summed E-state index contributed by atoms with van der Waals surface area (Å²) in [5, 5.41) is 4.20. The molecule has 0 saturated carbocycles. The molecule has 1 aliphatic rings. The van der Waals surface area contributed by atoms with Gasteiger partial charge in [0.1, 0.15) is 5.82 Å². The smallest absolute Gasteiger partial charge is 0.257 e. The molecule has 0 spiro atoms. The van der Waals surface area contributed by atoms with Crippen molar-refractivity contribution in [3.05, 3.63) is 66.5 Å². The number of hydrogen-bond donors (Lipinski definition) is 1. The lowest BCUT2D eigenvalue weighted by atomic mass is 10.1. The number of piperazine rings is 1. The Hall–Kier alpha value is -4.60. The number of carbonyl (C=O) groups is 1. The van der Waals surface area contributed by atoms with Crippen LogP contribution in [-0.2, 0) is 0 Å². The van der Waals surface area contributed by atoms with Gasteiger partial charge < -0.3 is 29.3 Å². The van der Waals surface area contributed by atoms with Crippen molar-refractivity contribution in [2.45, 2.75) is 0 Å². The predicted octanol–water partition coefficient (Wildman–Crippen LogP) is 3.76. The fourth-order valence-corrected chi connectivity index (χ4v) is 4.40. The molecule has 0 aliphatic carbocycles. The minimum absolute atomic E-state index is 0.0955. The molecule has 3 heterocycles. The van der Waals surface area contributed by atoms with Crippen molar-refractivity contribution < 1.29 is 19.0 Å². The van der Waals surface area contributed by atoms with Crippen LogP contribution in [0.3, 0.4) is 0 Å². The van der Waals surface area contributed by atoms with E-state index in [4.69, 9.17) is 19.2 Å². The van der Waals surface area contributed by atoms with Crippen LogP contribution in [0.5, 0.6) is 17.2 Å². The highest BCUT2D eigenvalue weighted by atomic mass is 16.5. The molecular weight excluding hydrogens is 472 g/mol. The van der Waals surface area contributed by atoms with Gasteiger partial charge in [-0.25, -0.2) is 15.0 Å². The summed E-state index contributed by atoms with van der Waals surface area (Å²) >= 11 is 0. The molecule has 4 aromatic rings. The fourth-order valence-electron chi connectivity index (χ4n) is 4.40. The molecule has 1 saturated heterocycles. The lowest BCUT2D eigenvalue weighted by Gasteiger charge is -2.35. The molecule has 5 rings (SSSR count). The van der Waals surface area contributed by atoms with Crippen molar-refractivity contribution in [3.63, 3.8) is 0 Å². The first-order valence-electron chi connectivity index (χ1n) is 11.9. The van der Waals surface area contributed by atoms with Gasteiger partial charge >= 0.3 is 0 Å². The summed E-state index contributed by atoms with van der Waals surface area (Å²) in [5.74, 6) is 2.51. The predicted molar refractivity (Wildman–Crippen MR) is 141 cm³/mol. The van der Waals surface area contributed by atoms with Crippen LogP contribution in [-0.4, -0.2) is 73.3 Å². The van der Waals surface area contributed by atoms with Gasteiger partial charge in [-0.15, -0.1) is 0 Å². The lowest BCUT2D eigenvalue weighted by Crippen LogP contribution is -2.49. The quantitative estimate of drug-likeness (QED) is 0.406. The van der Waals surface area contributed by atoms with E-state index >= 15 is 0 Å². The molecule has 0 bridgehead atoms. The van der Waals surface area contributed by atoms with Gasteiger partial charge in [0.15, 0.2) is 11.5 Å². The third-order valence-electron chi connectivity index (χ3n) is 6.28. The standard InChI is InChI=1S/C27H28N6O4/c1-35-22-16-19(17-23(36-2)24(22)37-3)30-25-20(15-18-7-4-5-8-21(18)31-25)26(34)32-11-13-33(14-12-32)27-28-9-6-10-29-27/h4-10,15-17H,11-14H2,1-3H3,(H,30,31). The van der Waals surface area contributed by atoms with Gasteiger partial charge in [0.25, 0.3) is 5.91 Å². The molecule has 10 heteroatoms. The third kappa shape index (κ3) is 4.90. The Morgan fingerprint density at radius 3 is 2.19 bits per heavy atom. The number of pyridine rings is 1. The van der Waals surface area contributed by atoms with Crippen LogP contribution in [0.15, 0.2) is 60.9 Å². The first-order valence-corrected chi connectivity index (χ1v) is 11.9. The van der Waals surface area contributed by atoms with Gasteiger partial charge in [-0.1, -0.05) is 18.2 Å². The Morgan fingerprint density at radius 2 is 1.54 bits per heavy atom. The van der Waals surface area contributed by atoms with E-state index in [-0.39, 0.29) is 5.91 Å². The van der Waals surface area contributed by atoms with Gasteiger partial charge in [0.2, 0.25) is 11.7 Å². The van der Waals surface area contributed by atoms with E-state index in [2.05, 4.69) is 20.2 Å². The van der Waals surface area contributed by atoms with Crippen molar-refractivity contribution in [1.29, 1.82) is 0 Å². The van der Waals surface area contributed by atoms with E-state index in [1.807, 2.05) is 35.2 Å². The summed E-state index contributed by atoms with van der Waals surface area (Å²) in [6, 6.07) is 15.0. The molecule has 0 atom stereocenters. The number of rotatable bonds is 7. The number of nitrogens with zero attached hydrogens (tertiary/aromatic N) is 5. The Morgan fingerprint density at radius 1 is 0.865 bits per heavy atom. The Bertz CT molecular complexity index is 1380. The number of fused-ring (bicyclic) bond motifs is 1. The summed E-state index contributed by atoms with van der Waals surface area (Å²) < 4.78 is 16.4. The van der Waals surface area contributed by atoms with Gasteiger partial charge in [-0.05, 0) is 18.2 Å². The van der Waals surface area contributed by atoms with E-state index in [1.54, 1.807) is 51.9 Å². The fraction of sp³-hybridized carbons (Fsp3) is 0.259. The van der Waals surface area contributed by atoms with Gasteiger partial charge in [-0.2, -0.15) is 0 Å². The number of aromatic nitrogens is 3. The monoisotopic (exact) mass is 500 g/mol. The molecule has 1 amide bonds. The molecule has 2 aromatic heterocycles. The van der Waals surface area contributed by atoms with E-state index in [0.717, 1.165) is 10.9 Å². The Labute approximate surface area is 214 Å². The van der Waals surface area contributed by atoms with Gasteiger partial charge in [0.05, 0.1) is 32.4 Å². The number of benzene rings is 2. The summed E-state index contributed by atoms with van der Waals surface area (Å²) in [6.45, 7) is 2.39. The second kappa shape index (κ2) is 10.6. The molecule has 2 aromatic carbocycles. The first kappa shape index (κ1) is 24.1. The average molecular weight is 501 g/mol. The van der Waals surface area contributed by atoms with Crippen LogP contribution in [0.1, 0.15) is 10.4 Å². The van der Waals surface area contributed by atoms with Crippen molar-refractivity contribution in [2.75, 3.05) is 57.7 Å². The van der Waals surface area contributed by atoms with E-state index in [0.29, 0.717) is 66.4 Å². The summed E-state index contributed by atoms with van der Waals surface area (Å²) in [6.07, 6.45) is 3.45. The maximum Gasteiger partial charge on any atom is 0.257 e. The number of amides is 1. The molecule has 1 fully saturated rings. The number of para-hydroxylation sites is 1. The van der Waals surface area contributed by atoms with E-state index < -0.39 is 0 Å². The van der Waals surface area contributed by atoms with Crippen LogP contribution >= 0.6 is 0 Å². The second-order valence-corrected chi connectivity index (χ2v) is 8.44. The maximum absolute atomic E-state index is 13.8. The topological polar surface area (TPSA) is 102 Å². The highest BCUT2D eigenvalue weighted by molar-refractivity contribution is 6.03. The van der Waals surface area contributed by atoms with Crippen molar-refractivity contribution in [2.24, 2.45) is 0 Å². The minimum atomic E-state index is -0.0955. The van der Waals surface area contributed by atoms with Gasteiger partial charge in [0, 0.05) is 61.8 Å². The number of ether oxygens (including phenoxy) is 3. The Balaban J connectivity index is 1.46. The van der Waals surface area contributed by atoms with Crippen LogP contribution in [0.2, 0.25) is 0 Å². The number of methoxy groups -OCH3 is 3. The van der Waals surface area contributed by atoms with Crippen molar-refractivity contribution >= 4 is 34.3 Å². The molecule has 1 N–H and O–H groups in total. The number of carbonyl (C=O) groups excluding carboxylic acids is 1. The first-order chi connectivity index (χ1) is 18.1. The molecular formula is C27H28N6O4. The molecule has 0 radical (unpaired) electrons. The largest absolute Gasteiger partial charge is 0.493 e. The number of nitrogens with one attached hydrogen (secondary N) is 1. The summed E-state index contributed by atoms with van der Waals surface area (Å²) in [4.78, 5) is 31.1. The Kier molecular flexibility index (Phi) is 6.89. The second-order valence-electron chi connectivity index (χ2n) is 8.44. The molecule has 0 unspecified atom stereocenters. The van der Waals surface area contributed by atoms with Crippen LogP contribution in [0.25, 0.3) is 10.9 Å². The van der Waals surface area contributed by atoms with Gasteiger partial charge in [-0.3, -0.25) is 4.79 Å². The van der Waals surface area contributed by atoms with Crippen LogP contribution < -0.4 is 24.4 Å². The SMILES string of the molecule is COc1cc(Nc2nc3ccccc3cc2C(=O)N2CCN(c3ncccn3)CC2)cc(OC)c1OC. The molecule has 37 heavy (non-hydrogen) atoms. The number of hydrogen-bond acceptors (Lipinski definition) is 9. The summed E-state index contributed by atoms with van der Waals surface area (Å²) in [7, 11) is 4.67. The lowest BCUT2D eigenvalue weighted by molar-refractivity contribution is 0.0747. The average Bonchev–Trinajstić information content (AvgIpc) is 2.96. The van der Waals surface area contributed by atoms with Crippen LogP contribution in [0, 0.1) is 0 Å². The number of anilines is 3. The zero-order chi connectivity index (χ0) is 25.8. The molecule has 1 aliphatic heterocycles. The highest BCUT2D eigenvalue weighted by Crippen LogP contribution is 2.41. The maximum atomic E-state index is 13.8. The van der Waals surface area contributed by atoms with Crippen molar-refractivity contribution in [1.82, 2.24) is 19.9 Å². The molecule has 190 valence electrons. The highest BCUT2D eigenvalue weighted by Gasteiger charge is 2.26. The zero-order valence-electron chi connectivity index (χ0n) is 21.0.